The van der Waals surface area contributed by atoms with Crippen LogP contribution >= 0.6 is 0 Å². The fourth-order valence-electron chi connectivity index (χ4n) is 1.80. The van der Waals surface area contributed by atoms with Crippen LogP contribution in [0.15, 0.2) is 36.1 Å². The SMILES string of the molecule is Cc1ccc(NC(=O)COC2=CC(=O)OC2(C)C)cc1. The monoisotopic (exact) mass is 275 g/mol. The van der Waals surface area contributed by atoms with E-state index in [1.54, 1.807) is 13.8 Å². The van der Waals surface area contributed by atoms with Crippen molar-refractivity contribution >= 4 is 17.6 Å². The van der Waals surface area contributed by atoms with Crippen LogP contribution < -0.4 is 5.32 Å². The van der Waals surface area contributed by atoms with Crippen molar-refractivity contribution in [2.45, 2.75) is 26.4 Å². The average Bonchev–Trinajstić information content (AvgIpc) is 2.62. The van der Waals surface area contributed by atoms with Gasteiger partial charge >= 0.3 is 5.97 Å². The lowest BCUT2D eigenvalue weighted by atomic mass is 10.1. The van der Waals surface area contributed by atoms with E-state index in [-0.39, 0.29) is 12.5 Å². The maximum atomic E-state index is 11.8. The lowest BCUT2D eigenvalue weighted by Gasteiger charge is -2.21. The van der Waals surface area contributed by atoms with Crippen LogP contribution in [0.25, 0.3) is 0 Å². The van der Waals surface area contributed by atoms with E-state index in [4.69, 9.17) is 9.47 Å². The van der Waals surface area contributed by atoms with Gasteiger partial charge in [0.05, 0.1) is 6.08 Å². The zero-order valence-electron chi connectivity index (χ0n) is 11.7. The maximum absolute atomic E-state index is 11.8. The molecule has 5 heteroatoms. The number of benzene rings is 1. The van der Waals surface area contributed by atoms with E-state index in [9.17, 15) is 9.59 Å². The predicted octanol–water partition coefficient (Wildman–Crippen LogP) is 2.17. The molecule has 0 saturated heterocycles. The van der Waals surface area contributed by atoms with E-state index in [0.717, 1.165) is 5.56 Å². The van der Waals surface area contributed by atoms with Crippen LogP contribution in [0.4, 0.5) is 5.69 Å². The molecule has 0 aromatic heterocycles. The molecule has 0 atom stereocenters. The van der Waals surface area contributed by atoms with E-state index >= 15 is 0 Å². The molecule has 0 aliphatic carbocycles. The minimum atomic E-state index is -0.818. The Morgan fingerprint density at radius 3 is 2.50 bits per heavy atom. The summed E-state index contributed by atoms with van der Waals surface area (Å²) in [5.74, 6) is -0.379. The number of aryl methyl sites for hydroxylation is 1. The van der Waals surface area contributed by atoms with Crippen LogP contribution in [0.2, 0.25) is 0 Å². The molecule has 0 fully saturated rings. The number of anilines is 1. The first-order chi connectivity index (χ1) is 9.37. The predicted molar refractivity (Wildman–Crippen MR) is 74.0 cm³/mol. The fourth-order valence-corrected chi connectivity index (χ4v) is 1.80. The summed E-state index contributed by atoms with van der Waals surface area (Å²) in [5.41, 5.74) is 1.00. The Morgan fingerprint density at radius 1 is 1.30 bits per heavy atom. The molecule has 5 nitrogen and oxygen atoms in total. The molecule has 2 rings (SSSR count). The van der Waals surface area contributed by atoms with Gasteiger partial charge in [0, 0.05) is 5.69 Å². The molecule has 0 spiro atoms. The number of hydrogen-bond acceptors (Lipinski definition) is 4. The number of rotatable bonds is 4. The molecule has 20 heavy (non-hydrogen) atoms. The molecule has 1 heterocycles. The highest BCUT2D eigenvalue weighted by Gasteiger charge is 2.36. The molecule has 1 aromatic rings. The van der Waals surface area contributed by atoms with Crippen molar-refractivity contribution in [2.75, 3.05) is 11.9 Å². The summed E-state index contributed by atoms with van der Waals surface area (Å²) in [6, 6.07) is 7.45. The van der Waals surface area contributed by atoms with Crippen molar-refractivity contribution < 1.29 is 19.1 Å². The first kappa shape index (κ1) is 14.1. The number of cyclic esters (lactones) is 1. The number of ether oxygens (including phenoxy) is 2. The molecule has 106 valence electrons. The van der Waals surface area contributed by atoms with Gasteiger partial charge in [-0.15, -0.1) is 0 Å². The van der Waals surface area contributed by atoms with Crippen molar-refractivity contribution in [1.29, 1.82) is 0 Å². The van der Waals surface area contributed by atoms with Gasteiger partial charge in [-0.05, 0) is 32.9 Å². The third-order valence-corrected chi connectivity index (χ3v) is 2.89. The lowest BCUT2D eigenvalue weighted by molar-refractivity contribution is -0.145. The molecule has 1 aliphatic heterocycles. The summed E-state index contributed by atoms with van der Waals surface area (Å²) in [4.78, 5) is 22.9. The van der Waals surface area contributed by atoms with E-state index in [1.807, 2.05) is 31.2 Å². The molecule has 1 amide bonds. The zero-order valence-corrected chi connectivity index (χ0v) is 11.7. The molecular weight excluding hydrogens is 258 g/mol. The second-order valence-electron chi connectivity index (χ2n) is 5.14. The molecule has 0 bridgehead atoms. The third-order valence-electron chi connectivity index (χ3n) is 2.89. The van der Waals surface area contributed by atoms with Crippen molar-refractivity contribution in [1.82, 2.24) is 0 Å². The Morgan fingerprint density at radius 2 is 1.95 bits per heavy atom. The Hall–Kier alpha value is -2.30. The summed E-state index contributed by atoms with van der Waals surface area (Å²) >= 11 is 0. The minimum Gasteiger partial charge on any atom is -0.484 e. The zero-order chi connectivity index (χ0) is 14.8. The molecular formula is C15H17NO4. The summed E-state index contributed by atoms with van der Waals surface area (Å²) in [6.07, 6.45) is 1.26. The number of amides is 1. The Bertz CT molecular complexity index is 558. The van der Waals surface area contributed by atoms with Crippen LogP contribution in [0.3, 0.4) is 0 Å². The highest BCUT2D eigenvalue weighted by molar-refractivity contribution is 5.92. The number of carbonyl (C=O) groups is 2. The molecule has 1 aromatic carbocycles. The first-order valence-corrected chi connectivity index (χ1v) is 6.31. The van der Waals surface area contributed by atoms with Gasteiger partial charge in [0.15, 0.2) is 12.2 Å². The first-order valence-electron chi connectivity index (χ1n) is 6.31. The quantitative estimate of drug-likeness (QED) is 0.855. The molecule has 0 saturated carbocycles. The fraction of sp³-hybridized carbons (Fsp3) is 0.333. The van der Waals surface area contributed by atoms with Gasteiger partial charge in [0.2, 0.25) is 0 Å². The van der Waals surface area contributed by atoms with Gasteiger partial charge in [-0.25, -0.2) is 4.79 Å². The van der Waals surface area contributed by atoms with Crippen molar-refractivity contribution in [3.63, 3.8) is 0 Å². The standard InChI is InChI=1S/C15H17NO4/c1-10-4-6-11(7-5-10)16-13(17)9-19-12-8-14(18)20-15(12,2)3/h4-8H,9H2,1-3H3,(H,16,17). The summed E-state index contributed by atoms with van der Waals surface area (Å²) < 4.78 is 10.4. The highest BCUT2D eigenvalue weighted by Crippen LogP contribution is 2.27. The highest BCUT2D eigenvalue weighted by atomic mass is 16.6. The van der Waals surface area contributed by atoms with Gasteiger partial charge in [0.1, 0.15) is 5.76 Å². The normalized spacial score (nSPS) is 16.4. The van der Waals surface area contributed by atoms with Gasteiger partial charge in [0.25, 0.3) is 5.91 Å². The van der Waals surface area contributed by atoms with Crippen molar-refractivity contribution in [2.24, 2.45) is 0 Å². The number of esters is 1. The van der Waals surface area contributed by atoms with Crippen LogP contribution in [-0.4, -0.2) is 24.1 Å². The van der Waals surface area contributed by atoms with Gasteiger partial charge in [-0.2, -0.15) is 0 Å². The lowest BCUT2D eigenvalue weighted by Crippen LogP contribution is -2.27. The number of carbonyl (C=O) groups excluding carboxylic acids is 2. The Kier molecular flexibility index (Phi) is 3.79. The largest absolute Gasteiger partial charge is 0.484 e. The van der Waals surface area contributed by atoms with Gasteiger partial charge < -0.3 is 14.8 Å². The van der Waals surface area contributed by atoms with Crippen molar-refractivity contribution in [3.05, 3.63) is 41.7 Å². The smallest absolute Gasteiger partial charge is 0.335 e. The van der Waals surface area contributed by atoms with E-state index in [2.05, 4.69) is 5.32 Å². The number of hydrogen-bond donors (Lipinski definition) is 1. The average molecular weight is 275 g/mol. The second kappa shape index (κ2) is 5.36. The molecule has 0 radical (unpaired) electrons. The van der Waals surface area contributed by atoms with Gasteiger partial charge in [-0.1, -0.05) is 17.7 Å². The van der Waals surface area contributed by atoms with Crippen LogP contribution in [0.1, 0.15) is 19.4 Å². The van der Waals surface area contributed by atoms with Crippen LogP contribution in [-0.2, 0) is 19.1 Å². The Labute approximate surface area is 117 Å². The van der Waals surface area contributed by atoms with Crippen LogP contribution in [0, 0.1) is 6.92 Å². The number of nitrogens with one attached hydrogen (secondary N) is 1. The minimum absolute atomic E-state index is 0.167. The van der Waals surface area contributed by atoms with E-state index < -0.39 is 11.6 Å². The summed E-state index contributed by atoms with van der Waals surface area (Å²) in [6.45, 7) is 5.23. The molecule has 0 unspecified atom stereocenters. The van der Waals surface area contributed by atoms with Crippen LogP contribution in [0.5, 0.6) is 0 Å². The van der Waals surface area contributed by atoms with E-state index in [1.165, 1.54) is 6.08 Å². The summed E-state index contributed by atoms with van der Waals surface area (Å²) in [5, 5.41) is 2.71. The summed E-state index contributed by atoms with van der Waals surface area (Å²) in [7, 11) is 0. The van der Waals surface area contributed by atoms with E-state index in [0.29, 0.717) is 11.4 Å². The van der Waals surface area contributed by atoms with Crippen molar-refractivity contribution in [3.8, 4) is 0 Å². The molecule has 1 N–H and O–H groups in total. The third kappa shape index (κ3) is 3.38. The van der Waals surface area contributed by atoms with Gasteiger partial charge in [-0.3, -0.25) is 4.79 Å². The second-order valence-corrected chi connectivity index (χ2v) is 5.14. The topological polar surface area (TPSA) is 64.6 Å². The molecule has 1 aliphatic rings. The maximum Gasteiger partial charge on any atom is 0.335 e. The Balaban J connectivity index is 1.88.